The number of benzene rings is 1. The molecule has 0 aliphatic rings. The van der Waals surface area contributed by atoms with E-state index in [0.29, 0.717) is 17.7 Å². The van der Waals surface area contributed by atoms with Crippen LogP contribution in [-0.4, -0.2) is 26.8 Å². The van der Waals surface area contributed by atoms with Crippen LogP contribution in [0, 0.1) is 20.8 Å². The van der Waals surface area contributed by atoms with Crippen LogP contribution in [0.15, 0.2) is 24.3 Å². The molecule has 1 heterocycles. The molecule has 1 amide bonds. The number of hydrogen-bond acceptors (Lipinski definition) is 3. The van der Waals surface area contributed by atoms with E-state index >= 15 is 0 Å². The highest BCUT2D eigenvalue weighted by molar-refractivity contribution is 5.93. The number of rotatable bonds is 5. The number of carbonyl (C=O) groups is 2. The van der Waals surface area contributed by atoms with E-state index in [4.69, 9.17) is 5.11 Å². The molecule has 0 radical (unpaired) electrons. The molecule has 2 N–H and O–H groups in total. The van der Waals surface area contributed by atoms with Crippen molar-refractivity contribution >= 4 is 17.6 Å². The molecule has 23 heavy (non-hydrogen) atoms. The van der Waals surface area contributed by atoms with Gasteiger partial charge in [-0.2, -0.15) is 5.10 Å². The normalized spacial score (nSPS) is 12.0. The van der Waals surface area contributed by atoms with E-state index < -0.39 is 5.97 Å². The first kappa shape index (κ1) is 16.7. The fourth-order valence-corrected chi connectivity index (χ4v) is 2.64. The maximum Gasteiger partial charge on any atom is 0.335 e. The summed E-state index contributed by atoms with van der Waals surface area (Å²) in [6, 6.07) is 6.68. The highest BCUT2D eigenvalue weighted by Gasteiger charge is 2.15. The number of carboxylic acids is 1. The lowest BCUT2D eigenvalue weighted by atomic mass is 10.1. The molecule has 1 unspecified atom stereocenters. The highest BCUT2D eigenvalue weighted by Crippen LogP contribution is 2.18. The lowest BCUT2D eigenvalue weighted by Gasteiger charge is -2.14. The number of nitrogens with one attached hydrogen (secondary N) is 1. The molecule has 6 nitrogen and oxygen atoms in total. The van der Waals surface area contributed by atoms with E-state index in [9.17, 15) is 9.59 Å². The van der Waals surface area contributed by atoms with Crippen LogP contribution >= 0.6 is 0 Å². The third kappa shape index (κ3) is 3.97. The van der Waals surface area contributed by atoms with Gasteiger partial charge in [-0.1, -0.05) is 0 Å². The van der Waals surface area contributed by atoms with Crippen LogP contribution in [-0.2, 0) is 4.79 Å². The van der Waals surface area contributed by atoms with E-state index in [2.05, 4.69) is 10.4 Å². The van der Waals surface area contributed by atoms with Gasteiger partial charge < -0.3 is 10.4 Å². The molecule has 0 bridgehead atoms. The number of carboxylic acid groups (broad SMARTS) is 1. The number of nitrogens with zero attached hydrogens (tertiary/aromatic N) is 2. The minimum Gasteiger partial charge on any atom is -0.478 e. The zero-order valence-electron chi connectivity index (χ0n) is 13.8. The third-order valence-electron chi connectivity index (χ3n) is 3.68. The topological polar surface area (TPSA) is 84.2 Å². The van der Waals surface area contributed by atoms with Crippen molar-refractivity contribution in [3.63, 3.8) is 0 Å². The largest absolute Gasteiger partial charge is 0.478 e. The summed E-state index contributed by atoms with van der Waals surface area (Å²) in [6.07, 6.45) is 0.293. The Labute approximate surface area is 135 Å². The number of aryl methyl sites for hydroxylation is 3. The molecule has 122 valence electrons. The second-order valence-corrected chi connectivity index (χ2v) is 5.81. The molecule has 1 aromatic carbocycles. The summed E-state index contributed by atoms with van der Waals surface area (Å²) in [4.78, 5) is 23.2. The van der Waals surface area contributed by atoms with Crippen molar-refractivity contribution in [2.24, 2.45) is 0 Å². The maximum atomic E-state index is 12.2. The van der Waals surface area contributed by atoms with Crippen molar-refractivity contribution in [2.75, 3.05) is 5.32 Å². The summed E-state index contributed by atoms with van der Waals surface area (Å²) < 4.78 is 1.84. The van der Waals surface area contributed by atoms with Gasteiger partial charge in [-0.05, 0) is 57.5 Å². The van der Waals surface area contributed by atoms with Gasteiger partial charge in [-0.25, -0.2) is 4.79 Å². The number of hydrogen-bond donors (Lipinski definition) is 2. The molecular formula is C17H21N3O3. The highest BCUT2D eigenvalue weighted by atomic mass is 16.4. The number of aromatic nitrogens is 2. The molecule has 0 saturated heterocycles. The Kier molecular flexibility index (Phi) is 4.83. The van der Waals surface area contributed by atoms with Gasteiger partial charge in [-0.15, -0.1) is 0 Å². The van der Waals surface area contributed by atoms with Gasteiger partial charge in [-0.3, -0.25) is 9.48 Å². The van der Waals surface area contributed by atoms with E-state index in [1.54, 1.807) is 19.1 Å². The van der Waals surface area contributed by atoms with Gasteiger partial charge in [0.25, 0.3) is 0 Å². The van der Waals surface area contributed by atoms with E-state index in [-0.39, 0.29) is 17.5 Å². The maximum absolute atomic E-state index is 12.2. The minimum absolute atomic E-state index is 0.0527. The van der Waals surface area contributed by atoms with Gasteiger partial charge in [0.15, 0.2) is 0 Å². The van der Waals surface area contributed by atoms with Crippen LogP contribution in [0.3, 0.4) is 0 Å². The average Bonchev–Trinajstić information content (AvgIpc) is 2.77. The molecule has 0 aliphatic carbocycles. The Hall–Kier alpha value is -2.63. The molecule has 6 heteroatoms. The number of carbonyl (C=O) groups excluding carboxylic acids is 1. The third-order valence-corrected chi connectivity index (χ3v) is 3.68. The van der Waals surface area contributed by atoms with Crippen LogP contribution in [0.5, 0.6) is 0 Å². The Morgan fingerprint density at radius 2 is 1.96 bits per heavy atom. The summed E-state index contributed by atoms with van der Waals surface area (Å²) >= 11 is 0. The monoisotopic (exact) mass is 315 g/mol. The second-order valence-electron chi connectivity index (χ2n) is 5.81. The van der Waals surface area contributed by atoms with Gasteiger partial charge >= 0.3 is 5.97 Å². The fourth-order valence-electron chi connectivity index (χ4n) is 2.64. The molecule has 1 aromatic heterocycles. The lowest BCUT2D eigenvalue weighted by Crippen LogP contribution is -2.19. The Morgan fingerprint density at radius 1 is 1.26 bits per heavy atom. The summed E-state index contributed by atoms with van der Waals surface area (Å²) in [6.45, 7) is 7.53. The van der Waals surface area contributed by atoms with E-state index in [0.717, 1.165) is 11.4 Å². The van der Waals surface area contributed by atoms with Gasteiger partial charge in [0.05, 0.1) is 17.3 Å². The lowest BCUT2D eigenvalue weighted by molar-refractivity contribution is -0.116. The van der Waals surface area contributed by atoms with Crippen LogP contribution in [0.4, 0.5) is 5.69 Å². The predicted octanol–water partition coefficient (Wildman–Crippen LogP) is 3.10. The molecule has 0 spiro atoms. The van der Waals surface area contributed by atoms with Gasteiger partial charge in [0.2, 0.25) is 5.91 Å². The molecule has 0 saturated carbocycles. The van der Waals surface area contributed by atoms with Gasteiger partial charge in [0.1, 0.15) is 0 Å². The predicted molar refractivity (Wildman–Crippen MR) is 87.8 cm³/mol. The van der Waals surface area contributed by atoms with Crippen molar-refractivity contribution in [2.45, 2.75) is 40.2 Å². The standard InChI is InChI=1S/C17H21N3O3/c1-10-7-14(5-6-15(10)17(22)23)18-16(21)9-13(4)20-12(3)8-11(2)19-20/h5-8,13H,9H2,1-4H3,(H,18,21)(H,22,23). The first-order valence-electron chi connectivity index (χ1n) is 7.44. The van der Waals surface area contributed by atoms with E-state index in [1.807, 2.05) is 31.5 Å². The first-order valence-corrected chi connectivity index (χ1v) is 7.44. The molecule has 2 aromatic rings. The van der Waals surface area contributed by atoms with E-state index in [1.165, 1.54) is 6.07 Å². The van der Waals surface area contributed by atoms with Crippen molar-refractivity contribution in [3.05, 3.63) is 46.8 Å². The Morgan fingerprint density at radius 3 is 2.48 bits per heavy atom. The van der Waals surface area contributed by atoms with Crippen molar-refractivity contribution in [1.29, 1.82) is 0 Å². The molecular weight excluding hydrogens is 294 g/mol. The second kappa shape index (κ2) is 6.64. The number of anilines is 1. The first-order chi connectivity index (χ1) is 10.8. The molecule has 1 atom stereocenters. The summed E-state index contributed by atoms with van der Waals surface area (Å²) in [5, 5.41) is 16.2. The average molecular weight is 315 g/mol. The fraction of sp³-hybridized carbons (Fsp3) is 0.353. The molecule has 0 aliphatic heterocycles. The smallest absolute Gasteiger partial charge is 0.335 e. The minimum atomic E-state index is -0.974. The zero-order chi connectivity index (χ0) is 17.1. The summed E-state index contributed by atoms with van der Waals surface area (Å²) in [7, 11) is 0. The zero-order valence-corrected chi connectivity index (χ0v) is 13.8. The van der Waals surface area contributed by atoms with Crippen LogP contribution in [0.25, 0.3) is 0 Å². The molecule has 2 rings (SSSR count). The summed E-state index contributed by atoms with van der Waals surface area (Å²) in [5.41, 5.74) is 3.39. The van der Waals surface area contributed by atoms with Crippen molar-refractivity contribution in [1.82, 2.24) is 9.78 Å². The number of aromatic carboxylic acids is 1. The van der Waals surface area contributed by atoms with Crippen molar-refractivity contribution < 1.29 is 14.7 Å². The van der Waals surface area contributed by atoms with Crippen LogP contribution < -0.4 is 5.32 Å². The Bertz CT molecular complexity index is 750. The van der Waals surface area contributed by atoms with Gasteiger partial charge in [0, 0.05) is 17.8 Å². The SMILES string of the molecule is Cc1cc(C)n(C(C)CC(=O)Nc2ccc(C(=O)O)c(C)c2)n1. The summed E-state index contributed by atoms with van der Waals surface area (Å²) in [5.74, 6) is -1.11. The van der Waals surface area contributed by atoms with Crippen LogP contribution in [0.1, 0.15) is 46.7 Å². The van der Waals surface area contributed by atoms with Crippen LogP contribution in [0.2, 0.25) is 0 Å². The molecule has 0 fully saturated rings. The van der Waals surface area contributed by atoms with Crippen molar-refractivity contribution in [3.8, 4) is 0 Å². The Balaban J connectivity index is 2.03. The quantitative estimate of drug-likeness (QED) is 0.888. The number of amides is 1.